The van der Waals surface area contributed by atoms with E-state index in [4.69, 9.17) is 39.9 Å². The maximum absolute atomic E-state index is 6.08. The molecule has 0 saturated heterocycles. The normalized spacial score (nSPS) is 13.6. The summed E-state index contributed by atoms with van der Waals surface area (Å²) in [5.41, 5.74) is 0. The fourth-order valence-electron chi connectivity index (χ4n) is 0.948. The molecule has 0 aliphatic heterocycles. The van der Waals surface area contributed by atoms with Crippen molar-refractivity contribution >= 4 is 37.9 Å². The average molecular weight is 305 g/mol. The fraction of sp³-hybridized carbons (Fsp3) is 0.750. The molecule has 0 aromatic rings. The van der Waals surface area contributed by atoms with E-state index < -0.39 is 15.7 Å². The Morgan fingerprint density at radius 3 is 1.19 bits per heavy atom. The topological polar surface area (TPSA) is 36.9 Å². The van der Waals surface area contributed by atoms with Crippen molar-refractivity contribution in [3.8, 4) is 0 Å². The Kier molecular flexibility index (Phi) is 8.12. The van der Waals surface area contributed by atoms with Crippen LogP contribution in [0.4, 0.5) is 0 Å². The molecule has 0 fully saturated rings. The Balaban J connectivity index is 4.12. The van der Waals surface area contributed by atoms with Crippen molar-refractivity contribution in [2.24, 2.45) is 0 Å². The van der Waals surface area contributed by atoms with Gasteiger partial charge >= 0.3 is 15.7 Å². The van der Waals surface area contributed by atoms with E-state index in [0.29, 0.717) is 12.1 Å². The van der Waals surface area contributed by atoms with Crippen molar-refractivity contribution < 1.29 is 17.7 Å². The first-order valence-corrected chi connectivity index (χ1v) is 10.8. The van der Waals surface area contributed by atoms with Gasteiger partial charge in [-0.25, -0.2) is 0 Å². The molecule has 0 saturated carbocycles. The van der Waals surface area contributed by atoms with Gasteiger partial charge in [-0.2, -0.15) is 0 Å². The molecule has 0 heterocycles. The molecule has 0 N–H and O–H groups in total. The molecule has 0 aliphatic rings. The molecule has 16 heavy (non-hydrogen) atoms. The molecule has 0 rings (SSSR count). The van der Waals surface area contributed by atoms with Gasteiger partial charge in [-0.05, 0) is 0 Å². The highest BCUT2D eigenvalue weighted by molar-refractivity contribution is 7.13. The summed E-state index contributed by atoms with van der Waals surface area (Å²) in [6.45, 7) is 0. The molecule has 0 atom stereocenters. The van der Waals surface area contributed by atoms with E-state index in [1.807, 2.05) is 12.2 Å². The highest BCUT2D eigenvalue weighted by atomic mass is 35.6. The molecule has 0 aromatic heterocycles. The van der Waals surface area contributed by atoms with Crippen LogP contribution in [-0.2, 0) is 17.7 Å². The lowest BCUT2D eigenvalue weighted by molar-refractivity contribution is 0.268. The van der Waals surface area contributed by atoms with Gasteiger partial charge < -0.3 is 17.7 Å². The smallest absolute Gasteiger partial charge is 0.386 e. The van der Waals surface area contributed by atoms with Gasteiger partial charge in [-0.15, -0.1) is 0 Å². The first-order chi connectivity index (χ1) is 7.45. The van der Waals surface area contributed by atoms with Gasteiger partial charge in [0.05, 0.1) is 0 Å². The predicted molar refractivity (Wildman–Crippen MR) is 70.0 cm³/mol. The largest absolute Gasteiger partial charge is 0.446 e. The Morgan fingerprint density at radius 1 is 0.750 bits per heavy atom. The summed E-state index contributed by atoms with van der Waals surface area (Å²) in [4.78, 5) is 0. The lowest BCUT2D eigenvalue weighted by atomic mass is 10.6. The minimum absolute atomic E-state index is 0.552. The molecular formula is C8H18Cl2O4Si2. The predicted octanol–water partition coefficient (Wildman–Crippen LogP) is 2.48. The number of allylic oxidation sites excluding steroid dienone is 2. The molecule has 0 aliphatic carbocycles. The second kappa shape index (κ2) is 7.83. The molecule has 96 valence electrons. The van der Waals surface area contributed by atoms with E-state index in [-0.39, 0.29) is 0 Å². The monoisotopic (exact) mass is 304 g/mol. The van der Waals surface area contributed by atoms with Crippen LogP contribution in [0, 0.1) is 0 Å². The van der Waals surface area contributed by atoms with Crippen LogP contribution in [0.25, 0.3) is 0 Å². The van der Waals surface area contributed by atoms with Gasteiger partial charge in [-0.3, -0.25) is 0 Å². The van der Waals surface area contributed by atoms with Gasteiger partial charge in [0.15, 0.2) is 0 Å². The summed E-state index contributed by atoms with van der Waals surface area (Å²) < 4.78 is 20.5. The second-order valence-corrected chi connectivity index (χ2v) is 11.6. The van der Waals surface area contributed by atoms with Crippen LogP contribution in [-0.4, -0.2) is 44.2 Å². The molecule has 0 radical (unpaired) electrons. The highest BCUT2D eigenvalue weighted by Gasteiger charge is 2.33. The van der Waals surface area contributed by atoms with Crippen molar-refractivity contribution in [1.82, 2.24) is 0 Å². The van der Waals surface area contributed by atoms with Crippen molar-refractivity contribution in [2.45, 2.75) is 12.1 Å². The second-order valence-electron chi connectivity index (χ2n) is 3.02. The molecule has 0 spiro atoms. The maximum atomic E-state index is 6.08. The zero-order chi connectivity index (χ0) is 12.7. The highest BCUT2D eigenvalue weighted by Crippen LogP contribution is 2.20. The van der Waals surface area contributed by atoms with Crippen LogP contribution in [0.5, 0.6) is 0 Å². The zero-order valence-corrected chi connectivity index (χ0v) is 13.5. The van der Waals surface area contributed by atoms with E-state index in [1.165, 1.54) is 0 Å². The van der Waals surface area contributed by atoms with Crippen molar-refractivity contribution in [1.29, 1.82) is 0 Å². The summed E-state index contributed by atoms with van der Waals surface area (Å²) in [5, 5.41) is 0. The Hall–Kier alpha value is 0.594. The lowest BCUT2D eigenvalue weighted by Gasteiger charge is -2.19. The molecule has 0 amide bonds. The van der Waals surface area contributed by atoms with Gasteiger partial charge in [0.2, 0.25) is 0 Å². The number of rotatable bonds is 8. The maximum Gasteiger partial charge on any atom is 0.446 e. The van der Waals surface area contributed by atoms with Crippen molar-refractivity contribution in [2.75, 3.05) is 28.4 Å². The van der Waals surface area contributed by atoms with Crippen LogP contribution in [0.2, 0.25) is 12.1 Å². The fourth-order valence-corrected chi connectivity index (χ4v) is 3.38. The van der Waals surface area contributed by atoms with Gasteiger partial charge in [0.1, 0.15) is 0 Å². The number of hydrogen-bond acceptors (Lipinski definition) is 4. The lowest BCUT2D eigenvalue weighted by Crippen LogP contribution is -2.33. The molecule has 0 bridgehead atoms. The zero-order valence-electron chi connectivity index (χ0n) is 9.96. The van der Waals surface area contributed by atoms with Gasteiger partial charge in [0.25, 0.3) is 0 Å². The van der Waals surface area contributed by atoms with E-state index >= 15 is 0 Å². The van der Waals surface area contributed by atoms with Gasteiger partial charge in [-0.1, -0.05) is 34.3 Å². The third-order valence-corrected chi connectivity index (χ3v) is 8.77. The number of hydrogen-bond donors (Lipinski definition) is 0. The van der Waals surface area contributed by atoms with Crippen LogP contribution in [0.15, 0.2) is 12.2 Å². The molecule has 0 unspecified atom stereocenters. The molecule has 4 nitrogen and oxygen atoms in total. The van der Waals surface area contributed by atoms with E-state index in [1.54, 1.807) is 28.4 Å². The average Bonchev–Trinajstić information content (AvgIpc) is 2.34. The van der Waals surface area contributed by atoms with Crippen LogP contribution in [0.1, 0.15) is 0 Å². The minimum Gasteiger partial charge on any atom is -0.386 e. The summed E-state index contributed by atoms with van der Waals surface area (Å²) in [6.07, 6.45) is 3.77. The number of halogens is 2. The molecule has 0 aromatic carbocycles. The minimum atomic E-state index is -2.54. The van der Waals surface area contributed by atoms with Crippen molar-refractivity contribution in [3.05, 3.63) is 12.2 Å². The molecule has 8 heteroatoms. The third kappa shape index (κ3) is 5.78. The van der Waals surface area contributed by atoms with Crippen LogP contribution >= 0.6 is 22.2 Å². The Morgan fingerprint density at radius 2 is 1.00 bits per heavy atom. The summed E-state index contributed by atoms with van der Waals surface area (Å²) in [6, 6.07) is 1.10. The van der Waals surface area contributed by atoms with E-state index in [0.717, 1.165) is 0 Å². The quantitative estimate of drug-likeness (QED) is 0.392. The third-order valence-electron chi connectivity index (χ3n) is 2.11. The van der Waals surface area contributed by atoms with Gasteiger partial charge in [0, 0.05) is 40.5 Å². The van der Waals surface area contributed by atoms with E-state index in [9.17, 15) is 0 Å². The van der Waals surface area contributed by atoms with Crippen LogP contribution in [0.3, 0.4) is 0 Å². The summed E-state index contributed by atoms with van der Waals surface area (Å²) in [5.74, 6) is 0. The first kappa shape index (κ1) is 16.6. The Labute approximate surface area is 108 Å². The summed E-state index contributed by atoms with van der Waals surface area (Å²) in [7, 11) is 1.10. The van der Waals surface area contributed by atoms with E-state index in [2.05, 4.69) is 0 Å². The first-order valence-electron chi connectivity index (χ1n) is 4.68. The standard InChI is InChI=1S/C8H18Cl2O4Si2/c1-11-15(9,12-2)7-5-6-8-16(10,13-3)14-4/h5-6H,7-8H2,1-4H3/b6-5+. The summed E-state index contributed by atoms with van der Waals surface area (Å²) >= 11 is 12.2. The molecular weight excluding hydrogens is 287 g/mol. The Bertz CT molecular complexity index is 198. The van der Waals surface area contributed by atoms with Crippen LogP contribution < -0.4 is 0 Å². The SMILES string of the molecule is CO[Si](Cl)(C/C=C/C[Si](Cl)(OC)OC)OC. The van der Waals surface area contributed by atoms with Crippen molar-refractivity contribution in [3.63, 3.8) is 0 Å².